The Morgan fingerprint density at radius 1 is 1.50 bits per heavy atom. The fourth-order valence-electron chi connectivity index (χ4n) is 2.46. The number of aldehydes is 1. The zero-order valence-electron chi connectivity index (χ0n) is 10.2. The average Bonchev–Trinajstić information content (AvgIpc) is 3.02. The van der Waals surface area contributed by atoms with Crippen LogP contribution >= 0.6 is 0 Å². The van der Waals surface area contributed by atoms with Gasteiger partial charge in [-0.2, -0.15) is 0 Å². The first-order valence-electron chi connectivity index (χ1n) is 6.03. The van der Waals surface area contributed by atoms with Crippen LogP contribution < -0.4 is 4.90 Å². The monoisotopic (exact) mass is 245 g/mol. The van der Waals surface area contributed by atoms with Gasteiger partial charge in [-0.3, -0.25) is 9.20 Å². The van der Waals surface area contributed by atoms with E-state index in [2.05, 4.69) is 9.88 Å². The van der Waals surface area contributed by atoms with Crippen molar-refractivity contribution in [3.05, 3.63) is 30.1 Å². The van der Waals surface area contributed by atoms with E-state index in [0.29, 0.717) is 5.69 Å². The Bertz CT molecular complexity index is 579. The number of carbonyl (C=O) groups excluding carboxylic acids is 1. The number of rotatable bonds is 3. The highest BCUT2D eigenvalue weighted by Gasteiger charge is 2.26. The topological polar surface area (TPSA) is 46.8 Å². The number of pyridine rings is 1. The summed E-state index contributed by atoms with van der Waals surface area (Å²) in [5.74, 6) is 0.760. The summed E-state index contributed by atoms with van der Waals surface area (Å²) in [5, 5.41) is 0. The smallest absolute Gasteiger partial charge is 0.170 e. The number of anilines is 1. The van der Waals surface area contributed by atoms with E-state index < -0.39 is 0 Å². The van der Waals surface area contributed by atoms with Gasteiger partial charge in [-0.15, -0.1) is 0 Å². The van der Waals surface area contributed by atoms with Gasteiger partial charge in [0.1, 0.15) is 11.3 Å². The molecule has 3 rings (SSSR count). The van der Waals surface area contributed by atoms with Gasteiger partial charge in [0.05, 0.1) is 6.10 Å². The molecule has 1 saturated heterocycles. The molecule has 1 atom stereocenters. The lowest BCUT2D eigenvalue weighted by Gasteiger charge is -2.15. The predicted octanol–water partition coefficient (Wildman–Crippen LogP) is 1.37. The molecule has 3 heterocycles. The maximum atomic E-state index is 11.3. The summed E-state index contributed by atoms with van der Waals surface area (Å²) in [6.45, 7) is 1.67. The molecule has 0 bridgehead atoms. The molecule has 0 N–H and O–H groups in total. The third-order valence-electron chi connectivity index (χ3n) is 3.44. The molecule has 1 aliphatic heterocycles. The number of methoxy groups -OCH3 is 1. The van der Waals surface area contributed by atoms with Crippen molar-refractivity contribution in [1.29, 1.82) is 0 Å². The minimum Gasteiger partial charge on any atom is -0.380 e. The minimum atomic E-state index is 0.231. The summed E-state index contributed by atoms with van der Waals surface area (Å²) >= 11 is 0. The highest BCUT2D eigenvalue weighted by molar-refractivity contribution is 5.83. The Kier molecular flexibility index (Phi) is 2.76. The van der Waals surface area contributed by atoms with Gasteiger partial charge in [-0.05, 0) is 18.6 Å². The molecular formula is C13H15N3O2. The third-order valence-corrected chi connectivity index (χ3v) is 3.44. The van der Waals surface area contributed by atoms with Gasteiger partial charge in [0.25, 0.3) is 0 Å². The first-order valence-corrected chi connectivity index (χ1v) is 6.03. The highest BCUT2D eigenvalue weighted by Crippen LogP contribution is 2.24. The molecule has 5 nitrogen and oxygen atoms in total. The summed E-state index contributed by atoms with van der Waals surface area (Å²) in [4.78, 5) is 17.9. The van der Waals surface area contributed by atoms with Gasteiger partial charge in [0.2, 0.25) is 0 Å². The Hall–Kier alpha value is -1.88. The lowest BCUT2D eigenvalue weighted by atomic mass is 10.3. The summed E-state index contributed by atoms with van der Waals surface area (Å²) in [7, 11) is 1.72. The van der Waals surface area contributed by atoms with Gasteiger partial charge in [0.15, 0.2) is 12.1 Å². The molecule has 0 amide bonds. The Morgan fingerprint density at radius 3 is 3.11 bits per heavy atom. The summed E-state index contributed by atoms with van der Waals surface area (Å²) in [5.41, 5.74) is 1.41. The van der Waals surface area contributed by atoms with Crippen LogP contribution in [0.2, 0.25) is 0 Å². The van der Waals surface area contributed by atoms with Crippen LogP contribution in [0.4, 0.5) is 5.82 Å². The molecule has 5 heteroatoms. The van der Waals surface area contributed by atoms with Crippen molar-refractivity contribution < 1.29 is 9.53 Å². The number of hydrogen-bond acceptors (Lipinski definition) is 4. The summed E-state index contributed by atoms with van der Waals surface area (Å²) in [6.07, 6.45) is 3.94. The SMILES string of the molecule is COC1CCN(c2nc3ccccn3c2C=O)C1. The zero-order valence-corrected chi connectivity index (χ0v) is 10.2. The van der Waals surface area contributed by atoms with Crippen molar-refractivity contribution >= 4 is 17.8 Å². The Labute approximate surface area is 105 Å². The average molecular weight is 245 g/mol. The molecule has 1 fully saturated rings. The molecular weight excluding hydrogens is 230 g/mol. The van der Waals surface area contributed by atoms with Crippen LogP contribution in [0.15, 0.2) is 24.4 Å². The molecule has 2 aromatic rings. The van der Waals surface area contributed by atoms with Crippen molar-refractivity contribution in [3.63, 3.8) is 0 Å². The van der Waals surface area contributed by atoms with Crippen LogP contribution in [0.1, 0.15) is 16.9 Å². The van der Waals surface area contributed by atoms with Gasteiger partial charge in [0, 0.05) is 26.4 Å². The largest absolute Gasteiger partial charge is 0.380 e. The van der Waals surface area contributed by atoms with E-state index in [4.69, 9.17) is 4.74 Å². The fourth-order valence-corrected chi connectivity index (χ4v) is 2.46. The van der Waals surface area contributed by atoms with Crippen molar-refractivity contribution in [2.24, 2.45) is 0 Å². The predicted molar refractivity (Wildman–Crippen MR) is 68.2 cm³/mol. The van der Waals surface area contributed by atoms with E-state index in [1.165, 1.54) is 0 Å². The number of hydrogen-bond donors (Lipinski definition) is 0. The van der Waals surface area contributed by atoms with Crippen LogP contribution in [0.5, 0.6) is 0 Å². The van der Waals surface area contributed by atoms with Gasteiger partial charge < -0.3 is 9.64 Å². The molecule has 18 heavy (non-hydrogen) atoms. The van der Waals surface area contributed by atoms with Crippen LogP contribution in [0.3, 0.4) is 0 Å². The number of fused-ring (bicyclic) bond motifs is 1. The Morgan fingerprint density at radius 2 is 2.39 bits per heavy atom. The molecule has 94 valence electrons. The fraction of sp³-hybridized carbons (Fsp3) is 0.385. The van der Waals surface area contributed by atoms with E-state index in [9.17, 15) is 4.79 Å². The molecule has 2 aromatic heterocycles. The van der Waals surface area contributed by atoms with Crippen molar-refractivity contribution in [2.75, 3.05) is 25.1 Å². The second-order valence-electron chi connectivity index (χ2n) is 4.46. The van der Waals surface area contributed by atoms with Crippen molar-refractivity contribution in [3.8, 4) is 0 Å². The Balaban J connectivity index is 2.04. The van der Waals surface area contributed by atoms with E-state index in [1.807, 2.05) is 28.8 Å². The highest BCUT2D eigenvalue weighted by atomic mass is 16.5. The van der Waals surface area contributed by atoms with Gasteiger partial charge in [-0.1, -0.05) is 6.07 Å². The number of imidazole rings is 1. The molecule has 0 radical (unpaired) electrons. The maximum absolute atomic E-state index is 11.3. The van der Waals surface area contributed by atoms with Crippen LogP contribution in [0, 0.1) is 0 Å². The molecule has 0 aromatic carbocycles. The normalized spacial score (nSPS) is 19.6. The second-order valence-corrected chi connectivity index (χ2v) is 4.46. The van der Waals surface area contributed by atoms with Crippen molar-refractivity contribution in [1.82, 2.24) is 9.38 Å². The number of aromatic nitrogens is 2. The van der Waals surface area contributed by atoms with Gasteiger partial charge >= 0.3 is 0 Å². The summed E-state index contributed by atoms with van der Waals surface area (Å²) < 4.78 is 7.17. The second kappa shape index (κ2) is 4.42. The van der Waals surface area contributed by atoms with E-state index in [1.54, 1.807) is 7.11 Å². The molecule has 0 spiro atoms. The van der Waals surface area contributed by atoms with Gasteiger partial charge in [-0.25, -0.2) is 4.98 Å². The lowest BCUT2D eigenvalue weighted by molar-refractivity contribution is 0.111. The number of carbonyl (C=O) groups is 1. The number of nitrogens with zero attached hydrogens (tertiary/aromatic N) is 3. The lowest BCUT2D eigenvalue weighted by Crippen LogP contribution is -2.23. The first-order chi connectivity index (χ1) is 8.83. The summed E-state index contributed by atoms with van der Waals surface area (Å²) in [6, 6.07) is 5.72. The molecule has 1 unspecified atom stereocenters. The first kappa shape index (κ1) is 11.2. The van der Waals surface area contributed by atoms with E-state index in [0.717, 1.165) is 37.3 Å². The van der Waals surface area contributed by atoms with Crippen LogP contribution in [-0.2, 0) is 4.74 Å². The van der Waals surface area contributed by atoms with Crippen LogP contribution in [0.25, 0.3) is 5.65 Å². The molecule has 0 saturated carbocycles. The van der Waals surface area contributed by atoms with E-state index in [-0.39, 0.29) is 6.10 Å². The number of ether oxygens (including phenoxy) is 1. The van der Waals surface area contributed by atoms with E-state index >= 15 is 0 Å². The zero-order chi connectivity index (χ0) is 12.5. The quantitative estimate of drug-likeness (QED) is 0.766. The maximum Gasteiger partial charge on any atom is 0.170 e. The minimum absolute atomic E-state index is 0.231. The third kappa shape index (κ3) is 1.67. The molecule has 0 aliphatic carbocycles. The van der Waals surface area contributed by atoms with Crippen molar-refractivity contribution in [2.45, 2.75) is 12.5 Å². The van der Waals surface area contributed by atoms with Crippen LogP contribution in [-0.4, -0.2) is 42.0 Å². The standard InChI is InChI=1S/C13H15N3O2/c1-18-10-5-7-15(8-10)13-11(9-17)16-6-3-2-4-12(16)14-13/h2-4,6,9-10H,5,7-8H2,1H3. The molecule has 1 aliphatic rings.